The summed E-state index contributed by atoms with van der Waals surface area (Å²) in [5.41, 5.74) is 2.40. The Morgan fingerprint density at radius 1 is 1.17 bits per heavy atom. The van der Waals surface area contributed by atoms with Gasteiger partial charge in [0.25, 0.3) is 0 Å². The predicted molar refractivity (Wildman–Crippen MR) is 69.5 cm³/mol. The van der Waals surface area contributed by atoms with Gasteiger partial charge in [-0.2, -0.15) is 0 Å². The molecule has 0 amide bonds. The van der Waals surface area contributed by atoms with Gasteiger partial charge in [0, 0.05) is 17.6 Å². The van der Waals surface area contributed by atoms with Crippen LogP contribution in [0.15, 0.2) is 34.7 Å². The summed E-state index contributed by atoms with van der Waals surface area (Å²) in [6, 6.07) is 10.5. The van der Waals surface area contributed by atoms with Crippen LogP contribution in [0.4, 0.5) is 0 Å². The zero-order chi connectivity index (χ0) is 12.5. The van der Waals surface area contributed by atoms with E-state index in [1.54, 1.807) is 0 Å². The molecule has 4 heteroatoms. The molecule has 3 rings (SSSR count). The van der Waals surface area contributed by atoms with Crippen molar-refractivity contribution in [1.82, 2.24) is 14.8 Å². The lowest BCUT2D eigenvalue weighted by molar-refractivity contribution is 0.443. The average Bonchev–Trinajstić information content (AvgIpc) is 2.96. The molecule has 0 saturated heterocycles. The number of aryl methyl sites for hydroxylation is 2. The number of hydrogen-bond acceptors (Lipinski definition) is 3. The molecule has 0 unspecified atom stereocenters. The third-order valence-corrected chi connectivity index (χ3v) is 3.12. The molecule has 0 atom stereocenters. The van der Waals surface area contributed by atoms with Crippen molar-refractivity contribution in [2.45, 2.75) is 26.8 Å². The van der Waals surface area contributed by atoms with E-state index in [0.29, 0.717) is 18.3 Å². The maximum Gasteiger partial charge on any atom is 0.236 e. The van der Waals surface area contributed by atoms with Gasteiger partial charge in [-0.05, 0) is 24.4 Å². The molecule has 2 heterocycles. The van der Waals surface area contributed by atoms with Crippen molar-refractivity contribution in [3.8, 4) is 0 Å². The Morgan fingerprint density at radius 3 is 2.72 bits per heavy atom. The molecule has 0 fully saturated rings. The van der Waals surface area contributed by atoms with Gasteiger partial charge in [-0.3, -0.25) is 0 Å². The highest BCUT2D eigenvalue weighted by Crippen LogP contribution is 2.20. The number of nitrogens with zero attached hydrogens (tertiary/aromatic N) is 3. The van der Waals surface area contributed by atoms with Crippen LogP contribution in [-0.4, -0.2) is 14.8 Å². The van der Waals surface area contributed by atoms with Crippen LogP contribution in [0.3, 0.4) is 0 Å². The third kappa shape index (κ3) is 1.79. The highest BCUT2D eigenvalue weighted by molar-refractivity contribution is 5.81. The number of benzene rings is 1. The third-order valence-electron chi connectivity index (χ3n) is 3.12. The van der Waals surface area contributed by atoms with Gasteiger partial charge in [0.15, 0.2) is 0 Å². The summed E-state index contributed by atoms with van der Waals surface area (Å²) in [4.78, 5) is 0. The fourth-order valence-electron chi connectivity index (χ4n) is 2.19. The molecule has 0 aliphatic carbocycles. The first-order valence-electron chi connectivity index (χ1n) is 6.14. The predicted octanol–water partition coefficient (Wildman–Crippen LogP) is 2.94. The van der Waals surface area contributed by atoms with E-state index >= 15 is 0 Å². The van der Waals surface area contributed by atoms with Gasteiger partial charge in [0.05, 0.1) is 0 Å². The molecule has 18 heavy (non-hydrogen) atoms. The highest BCUT2D eigenvalue weighted by Gasteiger charge is 2.09. The molecule has 2 aromatic heterocycles. The Bertz CT molecular complexity index is 681. The van der Waals surface area contributed by atoms with Gasteiger partial charge in [-0.15, -0.1) is 10.2 Å². The molecule has 3 aromatic rings. The van der Waals surface area contributed by atoms with Gasteiger partial charge in [-0.25, -0.2) is 0 Å². The van der Waals surface area contributed by atoms with E-state index in [1.807, 2.05) is 19.1 Å². The number of fused-ring (bicyclic) bond motifs is 1. The Balaban J connectivity index is 2.01. The average molecular weight is 241 g/mol. The molecule has 0 N–H and O–H groups in total. The molecule has 0 aliphatic rings. The summed E-state index contributed by atoms with van der Waals surface area (Å²) < 4.78 is 7.76. The SMILES string of the molecule is CCc1nnc(Cn2c(C)cc3ccccc32)o1. The van der Waals surface area contributed by atoms with E-state index in [9.17, 15) is 0 Å². The van der Waals surface area contributed by atoms with Crippen molar-refractivity contribution in [1.29, 1.82) is 0 Å². The Morgan fingerprint density at radius 2 is 1.94 bits per heavy atom. The van der Waals surface area contributed by atoms with Crippen molar-refractivity contribution in [3.05, 3.63) is 47.8 Å². The largest absolute Gasteiger partial charge is 0.423 e. The Hall–Kier alpha value is -2.10. The summed E-state index contributed by atoms with van der Waals surface area (Å²) in [7, 11) is 0. The van der Waals surface area contributed by atoms with Crippen LogP contribution < -0.4 is 0 Å². The molecule has 1 aromatic carbocycles. The van der Waals surface area contributed by atoms with Gasteiger partial charge < -0.3 is 8.98 Å². The van der Waals surface area contributed by atoms with E-state index in [2.05, 4.69) is 39.9 Å². The number of para-hydroxylation sites is 1. The fourth-order valence-corrected chi connectivity index (χ4v) is 2.19. The molecular formula is C14H15N3O. The van der Waals surface area contributed by atoms with Gasteiger partial charge in [0.2, 0.25) is 11.8 Å². The monoisotopic (exact) mass is 241 g/mol. The van der Waals surface area contributed by atoms with Gasteiger partial charge in [-0.1, -0.05) is 25.1 Å². The first-order valence-corrected chi connectivity index (χ1v) is 6.14. The zero-order valence-electron chi connectivity index (χ0n) is 10.6. The van der Waals surface area contributed by atoms with Crippen LogP contribution >= 0.6 is 0 Å². The molecule has 0 saturated carbocycles. The second-order valence-electron chi connectivity index (χ2n) is 4.37. The van der Waals surface area contributed by atoms with Gasteiger partial charge >= 0.3 is 0 Å². The molecule has 0 radical (unpaired) electrons. The van der Waals surface area contributed by atoms with Crippen molar-refractivity contribution >= 4 is 10.9 Å². The Kier molecular flexibility index (Phi) is 2.63. The van der Waals surface area contributed by atoms with E-state index in [-0.39, 0.29) is 0 Å². The van der Waals surface area contributed by atoms with Crippen molar-refractivity contribution in [2.24, 2.45) is 0 Å². The summed E-state index contributed by atoms with van der Waals surface area (Å²) in [6.07, 6.45) is 0.776. The maximum absolute atomic E-state index is 5.57. The van der Waals surface area contributed by atoms with E-state index in [1.165, 1.54) is 16.6 Å². The van der Waals surface area contributed by atoms with Crippen molar-refractivity contribution in [3.63, 3.8) is 0 Å². The fraction of sp³-hybridized carbons (Fsp3) is 0.286. The van der Waals surface area contributed by atoms with E-state index < -0.39 is 0 Å². The summed E-state index contributed by atoms with van der Waals surface area (Å²) in [5, 5.41) is 9.31. The Labute approximate surface area is 105 Å². The van der Waals surface area contributed by atoms with E-state index in [4.69, 9.17) is 4.42 Å². The minimum absolute atomic E-state index is 0.631. The minimum Gasteiger partial charge on any atom is -0.423 e. The maximum atomic E-state index is 5.57. The topological polar surface area (TPSA) is 43.9 Å². The number of hydrogen-bond donors (Lipinski definition) is 0. The molecule has 92 valence electrons. The van der Waals surface area contributed by atoms with Crippen LogP contribution in [0.1, 0.15) is 24.4 Å². The quantitative estimate of drug-likeness (QED) is 0.708. The lowest BCUT2D eigenvalue weighted by atomic mass is 10.2. The van der Waals surface area contributed by atoms with Crippen LogP contribution in [0.5, 0.6) is 0 Å². The van der Waals surface area contributed by atoms with Crippen LogP contribution in [0, 0.1) is 6.92 Å². The minimum atomic E-state index is 0.631. The normalized spacial score (nSPS) is 11.2. The van der Waals surface area contributed by atoms with Crippen LogP contribution in [-0.2, 0) is 13.0 Å². The molecule has 4 nitrogen and oxygen atoms in total. The van der Waals surface area contributed by atoms with Crippen molar-refractivity contribution in [2.75, 3.05) is 0 Å². The molecule has 0 spiro atoms. The van der Waals surface area contributed by atoms with Crippen LogP contribution in [0.2, 0.25) is 0 Å². The first kappa shape index (κ1) is 11.0. The first-order chi connectivity index (χ1) is 8.78. The molecular weight excluding hydrogens is 226 g/mol. The number of rotatable bonds is 3. The lowest BCUT2D eigenvalue weighted by Gasteiger charge is -2.04. The standard InChI is InChI=1S/C14H15N3O/c1-3-13-15-16-14(18-13)9-17-10(2)8-11-6-4-5-7-12(11)17/h4-8H,3,9H2,1-2H3. The summed E-state index contributed by atoms with van der Waals surface area (Å²) in [5.74, 6) is 1.36. The molecule has 0 bridgehead atoms. The van der Waals surface area contributed by atoms with Crippen LogP contribution in [0.25, 0.3) is 10.9 Å². The molecule has 0 aliphatic heterocycles. The summed E-state index contributed by atoms with van der Waals surface area (Å²) in [6.45, 7) is 4.73. The van der Waals surface area contributed by atoms with E-state index in [0.717, 1.165) is 6.42 Å². The van der Waals surface area contributed by atoms with Gasteiger partial charge in [0.1, 0.15) is 6.54 Å². The number of aromatic nitrogens is 3. The highest BCUT2D eigenvalue weighted by atomic mass is 16.4. The lowest BCUT2D eigenvalue weighted by Crippen LogP contribution is -2.01. The second-order valence-corrected chi connectivity index (χ2v) is 4.37. The van der Waals surface area contributed by atoms with Crippen molar-refractivity contribution < 1.29 is 4.42 Å². The smallest absolute Gasteiger partial charge is 0.236 e. The second kappa shape index (κ2) is 4.29. The summed E-state index contributed by atoms with van der Waals surface area (Å²) >= 11 is 0. The zero-order valence-corrected chi connectivity index (χ0v) is 10.6.